The summed E-state index contributed by atoms with van der Waals surface area (Å²) in [5.74, 6) is 0. The minimum atomic E-state index is 0.340. The first-order valence-electron chi connectivity index (χ1n) is 7.99. The molecule has 0 spiro atoms. The van der Waals surface area contributed by atoms with E-state index in [1.807, 2.05) is 0 Å². The van der Waals surface area contributed by atoms with Crippen LogP contribution in [0.1, 0.15) is 46.6 Å². The Balaban J connectivity index is 2.28. The van der Waals surface area contributed by atoms with Crippen LogP contribution in [-0.2, 0) is 0 Å². The van der Waals surface area contributed by atoms with Crippen molar-refractivity contribution in [3.63, 3.8) is 0 Å². The maximum Gasteiger partial charge on any atom is 0.0493 e. The summed E-state index contributed by atoms with van der Waals surface area (Å²) in [6, 6.07) is 18.2. The van der Waals surface area contributed by atoms with Crippen LogP contribution in [0.2, 0.25) is 0 Å². The smallest absolute Gasteiger partial charge is 0.0493 e. The van der Waals surface area contributed by atoms with E-state index < -0.39 is 0 Å². The Bertz CT molecular complexity index is 705. The Morgan fingerprint density at radius 1 is 0.857 bits per heavy atom. The van der Waals surface area contributed by atoms with Crippen molar-refractivity contribution in [1.29, 1.82) is 0 Å². The van der Waals surface area contributed by atoms with Gasteiger partial charge in [0.15, 0.2) is 0 Å². The van der Waals surface area contributed by atoms with E-state index in [9.17, 15) is 0 Å². The van der Waals surface area contributed by atoms with Gasteiger partial charge >= 0.3 is 0 Å². The number of hydrogen-bond acceptors (Lipinski definition) is 0. The quantitative estimate of drug-likeness (QED) is 0.539. The third-order valence-corrected chi connectivity index (χ3v) is 4.30. The van der Waals surface area contributed by atoms with E-state index in [0.29, 0.717) is 11.5 Å². The molecular weight excluding hydrogens is 254 g/mol. The second-order valence-electron chi connectivity index (χ2n) is 7.23. The van der Waals surface area contributed by atoms with Gasteiger partial charge in [0.05, 0.1) is 0 Å². The molecule has 1 heterocycles. The van der Waals surface area contributed by atoms with E-state index in [4.69, 9.17) is 0 Å². The van der Waals surface area contributed by atoms with Gasteiger partial charge in [-0.25, -0.2) is 0 Å². The molecule has 1 heteroatoms. The largest absolute Gasteiger partial charge is 0.337 e. The SMILES string of the molecule is CCC(CC(C)(C)C)n1c2ccccc2c2ccccc21. The van der Waals surface area contributed by atoms with Crippen molar-refractivity contribution >= 4 is 21.8 Å². The van der Waals surface area contributed by atoms with Crippen molar-refractivity contribution in [2.24, 2.45) is 5.41 Å². The standard InChI is InChI=1S/C20H25N/c1-5-15(14-20(2,3)4)21-18-12-8-6-10-16(18)17-11-7-9-13-19(17)21/h6-13,15H,5,14H2,1-4H3. The molecule has 1 atom stereocenters. The Labute approximate surface area is 127 Å². The average molecular weight is 279 g/mol. The molecule has 0 aliphatic rings. The highest BCUT2D eigenvalue weighted by atomic mass is 15.0. The molecule has 2 aromatic carbocycles. The van der Waals surface area contributed by atoms with Crippen molar-refractivity contribution in [1.82, 2.24) is 4.57 Å². The van der Waals surface area contributed by atoms with Crippen LogP contribution in [0.3, 0.4) is 0 Å². The molecule has 0 aliphatic heterocycles. The lowest BCUT2D eigenvalue weighted by Gasteiger charge is -2.28. The molecule has 0 bridgehead atoms. The lowest BCUT2D eigenvalue weighted by Crippen LogP contribution is -2.16. The van der Waals surface area contributed by atoms with Gasteiger partial charge in [-0.05, 0) is 30.4 Å². The molecule has 110 valence electrons. The fourth-order valence-corrected chi connectivity index (χ4v) is 3.47. The van der Waals surface area contributed by atoms with Crippen LogP contribution in [-0.4, -0.2) is 4.57 Å². The zero-order chi connectivity index (χ0) is 15.0. The third-order valence-electron chi connectivity index (χ3n) is 4.30. The van der Waals surface area contributed by atoms with E-state index in [2.05, 4.69) is 80.8 Å². The molecule has 0 amide bonds. The summed E-state index contributed by atoms with van der Waals surface area (Å²) in [6.07, 6.45) is 2.37. The summed E-state index contributed by atoms with van der Waals surface area (Å²) in [4.78, 5) is 0. The predicted molar refractivity (Wildman–Crippen MR) is 92.8 cm³/mol. The summed E-state index contributed by atoms with van der Waals surface area (Å²) in [5.41, 5.74) is 3.08. The summed E-state index contributed by atoms with van der Waals surface area (Å²) < 4.78 is 2.57. The monoisotopic (exact) mass is 279 g/mol. The van der Waals surface area contributed by atoms with Gasteiger partial charge < -0.3 is 4.57 Å². The first kappa shape index (κ1) is 14.2. The molecule has 0 aliphatic carbocycles. The van der Waals surface area contributed by atoms with Gasteiger partial charge in [-0.2, -0.15) is 0 Å². The summed E-state index contributed by atoms with van der Waals surface area (Å²) in [6.45, 7) is 9.32. The highest BCUT2D eigenvalue weighted by molar-refractivity contribution is 6.08. The minimum absolute atomic E-state index is 0.340. The number of rotatable bonds is 3. The van der Waals surface area contributed by atoms with Crippen molar-refractivity contribution in [2.75, 3.05) is 0 Å². The lowest BCUT2D eigenvalue weighted by molar-refractivity contribution is 0.295. The van der Waals surface area contributed by atoms with Crippen molar-refractivity contribution in [3.8, 4) is 0 Å². The minimum Gasteiger partial charge on any atom is -0.337 e. The maximum atomic E-state index is 2.57. The van der Waals surface area contributed by atoms with Crippen LogP contribution in [0.15, 0.2) is 48.5 Å². The molecule has 3 aromatic rings. The summed E-state index contributed by atoms with van der Waals surface area (Å²) >= 11 is 0. The highest BCUT2D eigenvalue weighted by Gasteiger charge is 2.22. The number of hydrogen-bond donors (Lipinski definition) is 0. The molecule has 0 fully saturated rings. The first-order chi connectivity index (χ1) is 10.0. The van der Waals surface area contributed by atoms with Gasteiger partial charge in [0, 0.05) is 27.8 Å². The molecule has 0 saturated carbocycles. The fraction of sp³-hybridized carbons (Fsp3) is 0.400. The van der Waals surface area contributed by atoms with Gasteiger partial charge in [0.25, 0.3) is 0 Å². The van der Waals surface area contributed by atoms with Crippen molar-refractivity contribution in [3.05, 3.63) is 48.5 Å². The normalized spacial score (nSPS) is 13.9. The van der Waals surface area contributed by atoms with Crippen LogP contribution in [0.5, 0.6) is 0 Å². The second kappa shape index (κ2) is 5.22. The zero-order valence-electron chi connectivity index (χ0n) is 13.6. The van der Waals surface area contributed by atoms with Crippen molar-refractivity contribution < 1.29 is 0 Å². The molecule has 1 unspecified atom stereocenters. The topological polar surface area (TPSA) is 4.93 Å². The highest BCUT2D eigenvalue weighted by Crippen LogP contribution is 2.37. The average Bonchev–Trinajstić information content (AvgIpc) is 2.79. The van der Waals surface area contributed by atoms with Gasteiger partial charge in [-0.3, -0.25) is 0 Å². The number of aromatic nitrogens is 1. The predicted octanol–water partition coefficient (Wildman–Crippen LogP) is 6.18. The van der Waals surface area contributed by atoms with Gasteiger partial charge in [-0.1, -0.05) is 64.1 Å². The fourth-order valence-electron chi connectivity index (χ4n) is 3.47. The van der Waals surface area contributed by atoms with Crippen molar-refractivity contribution in [2.45, 2.75) is 46.6 Å². The molecule has 0 radical (unpaired) electrons. The lowest BCUT2D eigenvalue weighted by atomic mass is 9.87. The molecule has 1 nitrogen and oxygen atoms in total. The van der Waals surface area contributed by atoms with Gasteiger partial charge in [-0.15, -0.1) is 0 Å². The maximum absolute atomic E-state index is 2.57. The number of fused-ring (bicyclic) bond motifs is 3. The van der Waals surface area contributed by atoms with Crippen LogP contribution in [0.25, 0.3) is 21.8 Å². The van der Waals surface area contributed by atoms with Crippen LogP contribution >= 0.6 is 0 Å². The van der Waals surface area contributed by atoms with Crippen LogP contribution < -0.4 is 0 Å². The molecule has 3 rings (SSSR count). The molecule has 0 saturated heterocycles. The Morgan fingerprint density at radius 3 is 1.76 bits per heavy atom. The molecule has 21 heavy (non-hydrogen) atoms. The van der Waals surface area contributed by atoms with Gasteiger partial charge in [0.1, 0.15) is 0 Å². The van der Waals surface area contributed by atoms with E-state index in [0.717, 1.165) is 0 Å². The zero-order valence-corrected chi connectivity index (χ0v) is 13.6. The number of benzene rings is 2. The second-order valence-corrected chi connectivity index (χ2v) is 7.23. The van der Waals surface area contributed by atoms with E-state index in [1.165, 1.54) is 34.6 Å². The first-order valence-corrected chi connectivity index (χ1v) is 7.99. The summed E-state index contributed by atoms with van der Waals surface area (Å²) in [5, 5.41) is 2.75. The summed E-state index contributed by atoms with van der Waals surface area (Å²) in [7, 11) is 0. The molecule has 0 N–H and O–H groups in total. The van der Waals surface area contributed by atoms with E-state index in [-0.39, 0.29) is 0 Å². The third kappa shape index (κ3) is 2.57. The van der Waals surface area contributed by atoms with E-state index >= 15 is 0 Å². The Kier molecular flexibility index (Phi) is 3.52. The van der Waals surface area contributed by atoms with Crippen LogP contribution in [0, 0.1) is 5.41 Å². The number of para-hydroxylation sites is 2. The Morgan fingerprint density at radius 2 is 1.33 bits per heavy atom. The van der Waals surface area contributed by atoms with Crippen LogP contribution in [0.4, 0.5) is 0 Å². The molecule has 1 aromatic heterocycles. The van der Waals surface area contributed by atoms with Gasteiger partial charge in [0.2, 0.25) is 0 Å². The van der Waals surface area contributed by atoms with E-state index in [1.54, 1.807) is 0 Å². The molecular formula is C20H25N. The number of nitrogens with zero attached hydrogens (tertiary/aromatic N) is 1. The Hall–Kier alpha value is -1.76.